The van der Waals surface area contributed by atoms with Crippen molar-refractivity contribution >= 4 is 15.4 Å². The van der Waals surface area contributed by atoms with Gasteiger partial charge in [-0.05, 0) is 0 Å². The first kappa shape index (κ1) is 11.5. The van der Waals surface area contributed by atoms with Crippen LogP contribution >= 0.6 is 0 Å². The second-order valence-corrected chi connectivity index (χ2v) is 7.93. The van der Waals surface area contributed by atoms with Gasteiger partial charge in [0.15, 0.2) is 0 Å². The van der Waals surface area contributed by atoms with Gasteiger partial charge in [0.2, 0.25) is 0 Å². The Bertz CT molecular complexity index is 61.9. The first-order valence-corrected chi connectivity index (χ1v) is 9.61. The molecule has 0 rings (SSSR count). The normalized spacial score (nSPS) is 10.4. The van der Waals surface area contributed by atoms with E-state index in [1.54, 1.807) is 23.3 Å². The van der Waals surface area contributed by atoms with Gasteiger partial charge in [0.25, 0.3) is 0 Å². The minimum atomic E-state index is -0.0149. The summed E-state index contributed by atoms with van der Waals surface area (Å²) in [6.45, 7) is 4.59. The van der Waals surface area contributed by atoms with Crippen LogP contribution in [0.4, 0.5) is 0 Å². The summed E-state index contributed by atoms with van der Waals surface area (Å²) in [5, 5.41) is 3.31. The fourth-order valence-electron chi connectivity index (χ4n) is 1.38. The standard InChI is InChI=1S/C10H24Ge.2H/c1-3-5-7-9-11-10-8-6-4-2;;/h3-11H2,1-2H3;;/q;2*-1. The van der Waals surface area contributed by atoms with Crippen molar-refractivity contribution in [2.24, 2.45) is 0 Å². The second-order valence-electron chi connectivity index (χ2n) is 3.47. The van der Waals surface area contributed by atoms with Crippen LogP contribution in [0.25, 0.3) is 0 Å². The van der Waals surface area contributed by atoms with Gasteiger partial charge >= 0.3 is 78.3 Å². The zero-order valence-electron chi connectivity index (χ0n) is 10.4. The fraction of sp³-hybridized carbons (Fsp3) is 1.00. The number of hydrogen-bond donors (Lipinski definition) is 0. The molecule has 0 aliphatic carbocycles. The smallest absolute Gasteiger partial charge is 1.00 e. The van der Waals surface area contributed by atoms with Crippen LogP contribution in [-0.4, -0.2) is 15.4 Å². The van der Waals surface area contributed by atoms with Gasteiger partial charge in [-0.25, -0.2) is 0 Å². The summed E-state index contributed by atoms with van der Waals surface area (Å²) in [6.07, 6.45) is 8.86. The van der Waals surface area contributed by atoms with E-state index >= 15 is 0 Å². The molecule has 0 aliphatic rings. The SMILES string of the molecule is CCCC[CH2][GeH2][CH2]CCCC.[H-].[H-]. The Hall–Kier alpha value is 0.543. The monoisotopic (exact) mass is 220 g/mol. The van der Waals surface area contributed by atoms with Crippen LogP contribution in [0.1, 0.15) is 55.2 Å². The van der Waals surface area contributed by atoms with Crippen molar-refractivity contribution in [2.45, 2.75) is 62.9 Å². The van der Waals surface area contributed by atoms with Gasteiger partial charge in [-0.2, -0.15) is 0 Å². The minimum Gasteiger partial charge on any atom is -1.00 e. The first-order chi connectivity index (χ1) is 5.41. The average Bonchev–Trinajstić information content (AvgIpc) is 2.03. The van der Waals surface area contributed by atoms with Crippen molar-refractivity contribution in [3.8, 4) is 0 Å². The van der Waals surface area contributed by atoms with Gasteiger partial charge in [0.05, 0.1) is 0 Å². The molecule has 1 heteroatoms. The molecule has 0 saturated carbocycles. The van der Waals surface area contributed by atoms with E-state index in [-0.39, 0.29) is 18.3 Å². The molecule has 0 atom stereocenters. The molecule has 0 amide bonds. The molecule has 0 saturated heterocycles. The third-order valence-corrected chi connectivity index (χ3v) is 6.40. The van der Waals surface area contributed by atoms with Crippen molar-refractivity contribution < 1.29 is 2.85 Å². The number of rotatable bonds is 8. The van der Waals surface area contributed by atoms with Crippen molar-refractivity contribution in [3.05, 3.63) is 0 Å². The zero-order chi connectivity index (χ0) is 8.36. The molecular formula is C10H26Ge-2. The largest absolute Gasteiger partial charge is 1.00 e. The van der Waals surface area contributed by atoms with Gasteiger partial charge in [0, 0.05) is 0 Å². The summed E-state index contributed by atoms with van der Waals surface area (Å²) in [5.41, 5.74) is 0. The van der Waals surface area contributed by atoms with E-state index in [1.165, 1.54) is 25.7 Å². The van der Waals surface area contributed by atoms with E-state index < -0.39 is 0 Å². The summed E-state index contributed by atoms with van der Waals surface area (Å²) in [4.78, 5) is 0. The molecule has 0 radical (unpaired) electrons. The van der Waals surface area contributed by atoms with Crippen molar-refractivity contribution in [1.82, 2.24) is 0 Å². The van der Waals surface area contributed by atoms with E-state index in [1.807, 2.05) is 0 Å². The molecule has 0 bridgehead atoms. The van der Waals surface area contributed by atoms with Crippen LogP contribution < -0.4 is 0 Å². The molecule has 0 aliphatic heterocycles. The third kappa shape index (κ3) is 10.5. The molecule has 0 aromatic heterocycles. The van der Waals surface area contributed by atoms with E-state index in [9.17, 15) is 0 Å². The molecule has 0 nitrogen and oxygen atoms in total. The maximum Gasteiger partial charge on any atom is -1.00 e. The molecular weight excluding hydrogens is 193 g/mol. The van der Waals surface area contributed by atoms with Crippen molar-refractivity contribution in [1.29, 1.82) is 0 Å². The van der Waals surface area contributed by atoms with Crippen LogP contribution in [0.2, 0.25) is 10.5 Å². The van der Waals surface area contributed by atoms with Crippen molar-refractivity contribution in [3.63, 3.8) is 0 Å². The van der Waals surface area contributed by atoms with E-state index in [0.29, 0.717) is 0 Å². The quantitative estimate of drug-likeness (QED) is 0.432. The Balaban J connectivity index is -0.000000500. The maximum atomic E-state index is 2.30. The van der Waals surface area contributed by atoms with Gasteiger partial charge in [-0.15, -0.1) is 0 Å². The summed E-state index contributed by atoms with van der Waals surface area (Å²) in [7, 11) is 0. The summed E-state index contributed by atoms with van der Waals surface area (Å²) >= 11 is -0.0149. The molecule has 0 aromatic carbocycles. The molecule has 72 valence electrons. The number of unbranched alkanes of at least 4 members (excludes halogenated alkanes) is 4. The van der Waals surface area contributed by atoms with Crippen LogP contribution in [0.15, 0.2) is 0 Å². The van der Waals surface area contributed by atoms with Crippen LogP contribution in [0.3, 0.4) is 0 Å². The van der Waals surface area contributed by atoms with Crippen molar-refractivity contribution in [2.75, 3.05) is 0 Å². The van der Waals surface area contributed by atoms with Gasteiger partial charge in [0.1, 0.15) is 0 Å². The molecule has 0 N–H and O–H groups in total. The average molecular weight is 219 g/mol. The Kier molecular flexibility index (Phi) is 11.1. The zero-order valence-corrected chi connectivity index (χ0v) is 11.3. The fourth-order valence-corrected chi connectivity index (χ4v) is 5.09. The Morgan fingerprint density at radius 3 is 1.64 bits per heavy atom. The molecule has 0 fully saturated rings. The summed E-state index contributed by atoms with van der Waals surface area (Å²) in [5.74, 6) is 0. The topological polar surface area (TPSA) is 0 Å². The Labute approximate surface area is 81.6 Å². The van der Waals surface area contributed by atoms with E-state index in [2.05, 4.69) is 13.8 Å². The molecule has 0 heterocycles. The van der Waals surface area contributed by atoms with Gasteiger partial charge < -0.3 is 2.85 Å². The van der Waals surface area contributed by atoms with E-state index in [0.717, 1.165) is 0 Å². The molecule has 0 aromatic rings. The Morgan fingerprint density at radius 2 is 1.27 bits per heavy atom. The van der Waals surface area contributed by atoms with E-state index in [4.69, 9.17) is 0 Å². The number of hydrogen-bond acceptors (Lipinski definition) is 0. The third-order valence-electron chi connectivity index (χ3n) is 2.21. The van der Waals surface area contributed by atoms with Crippen LogP contribution in [-0.2, 0) is 0 Å². The molecule has 0 spiro atoms. The first-order valence-electron chi connectivity index (χ1n) is 5.41. The van der Waals surface area contributed by atoms with Gasteiger partial charge in [-0.3, -0.25) is 0 Å². The predicted octanol–water partition coefficient (Wildman–Crippen LogP) is 3.60. The predicted molar refractivity (Wildman–Crippen MR) is 59.4 cm³/mol. The molecule has 11 heavy (non-hydrogen) atoms. The molecule has 0 unspecified atom stereocenters. The Morgan fingerprint density at radius 1 is 0.818 bits per heavy atom. The van der Waals surface area contributed by atoms with Crippen LogP contribution in [0, 0.1) is 0 Å². The van der Waals surface area contributed by atoms with Gasteiger partial charge in [-0.1, -0.05) is 0 Å². The maximum absolute atomic E-state index is 2.30. The summed E-state index contributed by atoms with van der Waals surface area (Å²) < 4.78 is 0. The summed E-state index contributed by atoms with van der Waals surface area (Å²) in [6, 6.07) is 0. The minimum absolute atomic E-state index is 0. The second kappa shape index (κ2) is 10.5. The van der Waals surface area contributed by atoms with Crippen LogP contribution in [0.5, 0.6) is 0 Å².